The molecular weight excluding hydrogens is 252 g/mol. The van der Waals surface area contributed by atoms with Crippen LogP contribution in [0, 0.1) is 0 Å². The first-order valence-corrected chi connectivity index (χ1v) is 6.01. The molecule has 1 atom stereocenters. The summed E-state index contributed by atoms with van der Waals surface area (Å²) in [6, 6.07) is 8.20. The van der Waals surface area contributed by atoms with Crippen LogP contribution in [0.1, 0.15) is 12.0 Å². The van der Waals surface area contributed by atoms with Crippen LogP contribution in [0.3, 0.4) is 0 Å². The summed E-state index contributed by atoms with van der Waals surface area (Å²) in [6.45, 7) is 0. The number of fused-ring (bicyclic) bond motifs is 1. The lowest BCUT2D eigenvalue weighted by Crippen LogP contribution is -2.44. The Balaban J connectivity index is 2.34. The van der Waals surface area contributed by atoms with Crippen LogP contribution in [0.2, 0.25) is 0 Å². The van der Waals surface area contributed by atoms with Crippen molar-refractivity contribution >= 4 is 40.5 Å². The first-order valence-electron chi connectivity index (χ1n) is 4.87. The molecule has 0 saturated heterocycles. The third-order valence-electron chi connectivity index (χ3n) is 2.90. The maximum absolute atomic E-state index is 5.96. The van der Waals surface area contributed by atoms with Crippen molar-refractivity contribution in [2.45, 2.75) is 22.7 Å². The molecule has 1 aliphatic heterocycles. The van der Waals surface area contributed by atoms with Gasteiger partial charge in [-0.05, 0) is 24.5 Å². The maximum Gasteiger partial charge on any atom is 0.210 e. The molecule has 82 valence electrons. The smallest absolute Gasteiger partial charge is 0.210 e. The van der Waals surface area contributed by atoms with E-state index in [1.54, 1.807) is 0 Å². The topological polar surface area (TPSA) is 3.24 Å². The van der Waals surface area contributed by atoms with Crippen molar-refractivity contribution < 1.29 is 0 Å². The average molecular weight is 265 g/mol. The van der Waals surface area contributed by atoms with Crippen LogP contribution in [0.5, 0.6) is 0 Å². The fraction of sp³-hybridized carbons (Fsp3) is 0.455. The van der Waals surface area contributed by atoms with Gasteiger partial charge in [0.2, 0.25) is 3.79 Å². The van der Waals surface area contributed by atoms with Crippen LogP contribution in [-0.2, 0) is 6.42 Å². The first-order chi connectivity index (χ1) is 7.00. The van der Waals surface area contributed by atoms with Crippen LogP contribution < -0.4 is 4.90 Å². The Labute approximate surface area is 105 Å². The number of benzene rings is 1. The summed E-state index contributed by atoms with van der Waals surface area (Å²) in [7, 11) is 1.98. The Morgan fingerprint density at radius 2 is 1.93 bits per heavy atom. The van der Waals surface area contributed by atoms with Gasteiger partial charge in [0.15, 0.2) is 0 Å². The molecule has 2 rings (SSSR count). The molecule has 0 aromatic heterocycles. The zero-order valence-corrected chi connectivity index (χ0v) is 10.6. The number of rotatable bonds is 0. The van der Waals surface area contributed by atoms with Gasteiger partial charge in [-0.1, -0.05) is 53.0 Å². The molecule has 1 aliphatic rings. The fourth-order valence-electron chi connectivity index (χ4n) is 2.10. The highest BCUT2D eigenvalue weighted by Crippen LogP contribution is 2.41. The van der Waals surface area contributed by atoms with E-state index in [4.69, 9.17) is 34.8 Å². The van der Waals surface area contributed by atoms with Crippen molar-refractivity contribution in [1.82, 2.24) is 0 Å². The summed E-state index contributed by atoms with van der Waals surface area (Å²) in [5.41, 5.74) is 2.49. The predicted octanol–water partition coefficient (Wildman–Crippen LogP) is 3.81. The lowest BCUT2D eigenvalue weighted by molar-refractivity contribution is 0.565. The van der Waals surface area contributed by atoms with Crippen molar-refractivity contribution in [2.24, 2.45) is 0 Å². The van der Waals surface area contributed by atoms with Gasteiger partial charge >= 0.3 is 0 Å². The molecule has 0 bridgehead atoms. The second-order valence-corrected chi connectivity index (χ2v) is 6.20. The molecule has 0 aliphatic carbocycles. The van der Waals surface area contributed by atoms with Gasteiger partial charge in [0.25, 0.3) is 0 Å². The molecule has 1 unspecified atom stereocenters. The first kappa shape index (κ1) is 11.4. The van der Waals surface area contributed by atoms with Gasteiger partial charge in [-0.2, -0.15) is 0 Å². The SMILES string of the molecule is CN1c2ccccc2CCC1C(Cl)(Cl)Cl. The van der Waals surface area contributed by atoms with E-state index in [-0.39, 0.29) is 6.04 Å². The molecule has 1 nitrogen and oxygen atoms in total. The Morgan fingerprint density at radius 1 is 1.27 bits per heavy atom. The molecule has 0 N–H and O–H groups in total. The summed E-state index contributed by atoms with van der Waals surface area (Å²) in [4.78, 5) is 2.06. The van der Waals surface area contributed by atoms with Crippen molar-refractivity contribution in [2.75, 3.05) is 11.9 Å². The maximum atomic E-state index is 5.96. The van der Waals surface area contributed by atoms with E-state index in [9.17, 15) is 0 Å². The van der Waals surface area contributed by atoms with Crippen LogP contribution in [0.25, 0.3) is 0 Å². The number of hydrogen-bond donors (Lipinski definition) is 0. The van der Waals surface area contributed by atoms with Gasteiger partial charge in [0, 0.05) is 12.7 Å². The van der Waals surface area contributed by atoms with Crippen LogP contribution in [0.15, 0.2) is 24.3 Å². The zero-order chi connectivity index (χ0) is 11.1. The minimum atomic E-state index is -1.22. The summed E-state index contributed by atoms with van der Waals surface area (Å²) in [6.07, 6.45) is 1.85. The highest BCUT2D eigenvalue weighted by atomic mass is 35.6. The number of hydrogen-bond acceptors (Lipinski definition) is 1. The molecule has 0 spiro atoms. The number of alkyl halides is 3. The molecule has 1 heterocycles. The second-order valence-electron chi connectivity index (χ2n) is 3.84. The molecule has 0 radical (unpaired) electrons. The molecule has 4 heteroatoms. The number of anilines is 1. The van der Waals surface area contributed by atoms with Gasteiger partial charge in [0.1, 0.15) is 0 Å². The Hall–Kier alpha value is -0.110. The van der Waals surface area contributed by atoms with Crippen molar-refractivity contribution in [3.63, 3.8) is 0 Å². The van der Waals surface area contributed by atoms with E-state index in [2.05, 4.69) is 17.0 Å². The summed E-state index contributed by atoms with van der Waals surface area (Å²) < 4.78 is -1.22. The van der Waals surface area contributed by atoms with E-state index in [1.807, 2.05) is 19.2 Å². The minimum absolute atomic E-state index is 0.0441. The van der Waals surface area contributed by atoms with Crippen LogP contribution >= 0.6 is 34.8 Å². The standard InChI is InChI=1S/C11H12Cl3N/c1-15-9-5-3-2-4-8(9)6-7-10(15)11(12,13)14/h2-5,10H,6-7H2,1H3. The number of halogens is 3. The highest BCUT2D eigenvalue weighted by molar-refractivity contribution is 6.68. The van der Waals surface area contributed by atoms with Crippen molar-refractivity contribution in [3.8, 4) is 0 Å². The molecule has 1 aromatic rings. The van der Waals surface area contributed by atoms with Crippen molar-refractivity contribution in [3.05, 3.63) is 29.8 Å². The van der Waals surface area contributed by atoms with E-state index >= 15 is 0 Å². The Kier molecular flexibility index (Phi) is 3.07. The molecule has 0 fully saturated rings. The Morgan fingerprint density at radius 3 is 2.60 bits per heavy atom. The molecular formula is C11H12Cl3N. The van der Waals surface area contributed by atoms with E-state index < -0.39 is 3.79 Å². The quantitative estimate of drug-likeness (QED) is 0.644. The predicted molar refractivity (Wildman–Crippen MR) is 67.2 cm³/mol. The van der Waals surface area contributed by atoms with Gasteiger partial charge in [-0.3, -0.25) is 0 Å². The lowest BCUT2D eigenvalue weighted by Gasteiger charge is -2.39. The average Bonchev–Trinajstić information content (AvgIpc) is 2.16. The van der Waals surface area contributed by atoms with Crippen LogP contribution in [-0.4, -0.2) is 16.9 Å². The summed E-state index contributed by atoms with van der Waals surface area (Å²) >= 11 is 17.9. The third-order valence-corrected chi connectivity index (χ3v) is 3.66. The molecule has 15 heavy (non-hydrogen) atoms. The zero-order valence-electron chi connectivity index (χ0n) is 8.38. The number of para-hydroxylation sites is 1. The lowest BCUT2D eigenvalue weighted by atomic mass is 9.97. The van der Waals surface area contributed by atoms with E-state index in [0.29, 0.717) is 0 Å². The van der Waals surface area contributed by atoms with E-state index in [0.717, 1.165) is 12.8 Å². The fourth-order valence-corrected chi connectivity index (χ4v) is 2.87. The molecule has 1 aromatic carbocycles. The van der Waals surface area contributed by atoms with Gasteiger partial charge in [-0.25, -0.2) is 0 Å². The largest absolute Gasteiger partial charge is 0.367 e. The summed E-state index contributed by atoms with van der Waals surface area (Å²) in [5.74, 6) is 0. The van der Waals surface area contributed by atoms with E-state index in [1.165, 1.54) is 11.3 Å². The van der Waals surface area contributed by atoms with Gasteiger partial charge < -0.3 is 4.90 Å². The summed E-state index contributed by atoms with van der Waals surface area (Å²) in [5, 5.41) is 0. The number of aryl methyl sites for hydroxylation is 1. The monoisotopic (exact) mass is 263 g/mol. The van der Waals surface area contributed by atoms with Crippen LogP contribution in [0.4, 0.5) is 5.69 Å². The Bertz CT molecular complexity index is 359. The third kappa shape index (κ3) is 2.20. The van der Waals surface area contributed by atoms with Crippen molar-refractivity contribution in [1.29, 1.82) is 0 Å². The van der Waals surface area contributed by atoms with Gasteiger partial charge in [0.05, 0.1) is 6.04 Å². The number of nitrogens with zero attached hydrogens (tertiary/aromatic N) is 1. The minimum Gasteiger partial charge on any atom is -0.367 e. The molecule has 0 amide bonds. The second kappa shape index (κ2) is 4.04. The van der Waals surface area contributed by atoms with Gasteiger partial charge in [-0.15, -0.1) is 0 Å². The molecule has 0 saturated carbocycles. The highest BCUT2D eigenvalue weighted by Gasteiger charge is 2.38. The normalized spacial score (nSPS) is 21.3.